The molecule has 1 atom stereocenters. The number of aromatic amines is 1. The summed E-state index contributed by atoms with van der Waals surface area (Å²) in [6.45, 7) is 2.55. The van der Waals surface area contributed by atoms with Crippen molar-refractivity contribution in [2.24, 2.45) is 0 Å². The molecule has 0 amide bonds. The Hall–Kier alpha value is -1.94. The lowest BCUT2D eigenvalue weighted by atomic mass is 9.85. The van der Waals surface area contributed by atoms with Crippen LogP contribution in [0.3, 0.4) is 0 Å². The third-order valence-corrected chi connectivity index (χ3v) is 5.31. The molecule has 0 radical (unpaired) electrons. The zero-order valence-corrected chi connectivity index (χ0v) is 13.4. The third-order valence-electron chi connectivity index (χ3n) is 5.31. The Bertz CT molecular complexity index is 746. The van der Waals surface area contributed by atoms with Gasteiger partial charge in [-0.15, -0.1) is 0 Å². The SMILES string of the molecule is O=c1cc(-c2ccc3c(c2)CCC(N2CCCCC2)C3)cn[nH]1. The van der Waals surface area contributed by atoms with Gasteiger partial charge in [0, 0.05) is 17.7 Å². The smallest absolute Gasteiger partial charge is 0.264 e. The van der Waals surface area contributed by atoms with Crippen LogP contribution in [-0.4, -0.2) is 34.2 Å². The number of benzene rings is 1. The average Bonchev–Trinajstić information content (AvgIpc) is 2.61. The number of fused-ring (bicyclic) bond motifs is 1. The first-order valence-corrected chi connectivity index (χ1v) is 8.70. The van der Waals surface area contributed by atoms with Crippen LogP contribution in [-0.2, 0) is 12.8 Å². The maximum Gasteiger partial charge on any atom is 0.264 e. The zero-order chi connectivity index (χ0) is 15.6. The van der Waals surface area contributed by atoms with Gasteiger partial charge in [-0.1, -0.05) is 24.6 Å². The van der Waals surface area contributed by atoms with Crippen molar-refractivity contribution >= 4 is 0 Å². The number of likely N-dealkylation sites (tertiary alicyclic amines) is 1. The highest BCUT2D eigenvalue weighted by Crippen LogP contribution is 2.29. The second-order valence-corrected chi connectivity index (χ2v) is 6.81. The molecule has 4 rings (SSSR count). The number of nitrogens with one attached hydrogen (secondary N) is 1. The molecule has 1 aromatic carbocycles. The van der Waals surface area contributed by atoms with Crippen molar-refractivity contribution in [3.05, 3.63) is 51.9 Å². The lowest BCUT2D eigenvalue weighted by molar-refractivity contribution is 0.150. The summed E-state index contributed by atoms with van der Waals surface area (Å²) in [5.74, 6) is 0. The van der Waals surface area contributed by atoms with Crippen molar-refractivity contribution < 1.29 is 0 Å². The molecule has 120 valence electrons. The van der Waals surface area contributed by atoms with Crippen LogP contribution >= 0.6 is 0 Å². The van der Waals surface area contributed by atoms with Gasteiger partial charge >= 0.3 is 0 Å². The molecule has 1 fully saturated rings. The monoisotopic (exact) mass is 309 g/mol. The van der Waals surface area contributed by atoms with E-state index in [2.05, 4.69) is 33.3 Å². The summed E-state index contributed by atoms with van der Waals surface area (Å²) < 4.78 is 0. The molecule has 4 heteroatoms. The van der Waals surface area contributed by atoms with Gasteiger partial charge in [0.2, 0.25) is 0 Å². The first kappa shape index (κ1) is 14.6. The Morgan fingerprint density at radius 3 is 2.74 bits per heavy atom. The maximum absolute atomic E-state index is 11.4. The number of hydrogen-bond acceptors (Lipinski definition) is 3. The Balaban J connectivity index is 1.56. The van der Waals surface area contributed by atoms with Gasteiger partial charge in [0.15, 0.2) is 0 Å². The van der Waals surface area contributed by atoms with E-state index in [1.54, 1.807) is 12.3 Å². The Morgan fingerprint density at radius 1 is 1.04 bits per heavy atom. The topological polar surface area (TPSA) is 49.0 Å². The Kier molecular flexibility index (Phi) is 4.00. The molecule has 0 spiro atoms. The third kappa shape index (κ3) is 3.08. The van der Waals surface area contributed by atoms with Crippen LogP contribution in [0.4, 0.5) is 0 Å². The highest BCUT2D eigenvalue weighted by Gasteiger charge is 2.25. The number of hydrogen-bond donors (Lipinski definition) is 1. The average molecular weight is 309 g/mol. The number of aryl methyl sites for hydroxylation is 1. The number of H-pyrrole nitrogens is 1. The molecule has 23 heavy (non-hydrogen) atoms. The van der Waals surface area contributed by atoms with Gasteiger partial charge in [-0.25, -0.2) is 5.10 Å². The lowest BCUT2D eigenvalue weighted by Crippen LogP contribution is -2.42. The molecular weight excluding hydrogens is 286 g/mol. The van der Waals surface area contributed by atoms with Gasteiger partial charge in [-0.3, -0.25) is 4.79 Å². The van der Waals surface area contributed by atoms with Crippen molar-refractivity contribution in [3.63, 3.8) is 0 Å². The largest absolute Gasteiger partial charge is 0.300 e. The molecule has 1 aliphatic carbocycles. The minimum Gasteiger partial charge on any atom is -0.300 e. The molecule has 1 N–H and O–H groups in total. The van der Waals surface area contributed by atoms with E-state index in [1.165, 1.54) is 56.3 Å². The molecule has 2 heterocycles. The van der Waals surface area contributed by atoms with Gasteiger partial charge in [-0.2, -0.15) is 5.10 Å². The van der Waals surface area contributed by atoms with E-state index >= 15 is 0 Å². The first-order valence-electron chi connectivity index (χ1n) is 8.70. The van der Waals surface area contributed by atoms with Gasteiger partial charge < -0.3 is 4.90 Å². The van der Waals surface area contributed by atoms with Crippen LogP contribution in [0.15, 0.2) is 35.3 Å². The minimum atomic E-state index is -0.148. The molecular formula is C19H23N3O. The quantitative estimate of drug-likeness (QED) is 0.928. The van der Waals surface area contributed by atoms with E-state index in [9.17, 15) is 4.79 Å². The fourth-order valence-corrected chi connectivity index (χ4v) is 4.04. The summed E-state index contributed by atoms with van der Waals surface area (Å²) in [4.78, 5) is 14.1. The number of rotatable bonds is 2. The van der Waals surface area contributed by atoms with Crippen molar-refractivity contribution in [2.45, 2.75) is 44.6 Å². The standard InChI is InChI=1S/C19H23N3O/c23-19-12-17(13-20-21-19)15-4-5-16-11-18(7-6-14(16)10-15)22-8-2-1-3-9-22/h4-5,10,12-13,18H,1-3,6-9,11H2,(H,21,23). The molecule has 1 aliphatic heterocycles. The van der Waals surface area contributed by atoms with Crippen molar-refractivity contribution in [3.8, 4) is 11.1 Å². The first-order chi connectivity index (χ1) is 11.3. The van der Waals surface area contributed by atoms with Crippen LogP contribution in [0, 0.1) is 0 Å². The van der Waals surface area contributed by atoms with Crippen molar-refractivity contribution in [1.82, 2.24) is 15.1 Å². The molecule has 1 saturated heterocycles. The second-order valence-electron chi connectivity index (χ2n) is 6.81. The molecule has 2 aliphatic rings. The van der Waals surface area contributed by atoms with Crippen molar-refractivity contribution in [2.75, 3.05) is 13.1 Å². The van der Waals surface area contributed by atoms with Gasteiger partial charge in [0.25, 0.3) is 5.56 Å². The summed E-state index contributed by atoms with van der Waals surface area (Å²) in [6.07, 6.45) is 9.40. The molecule has 0 saturated carbocycles. The van der Waals surface area contributed by atoms with Crippen LogP contribution in [0.2, 0.25) is 0 Å². The summed E-state index contributed by atoms with van der Waals surface area (Å²) in [7, 11) is 0. The van der Waals surface area contributed by atoms with Gasteiger partial charge in [0.05, 0.1) is 6.20 Å². The summed E-state index contributed by atoms with van der Waals surface area (Å²) >= 11 is 0. The predicted molar refractivity (Wildman–Crippen MR) is 91.5 cm³/mol. The van der Waals surface area contributed by atoms with E-state index in [0.29, 0.717) is 0 Å². The predicted octanol–water partition coefficient (Wildman–Crippen LogP) is 2.78. The molecule has 2 aromatic rings. The maximum atomic E-state index is 11.4. The summed E-state index contributed by atoms with van der Waals surface area (Å²) in [5.41, 5.74) is 4.77. The fraction of sp³-hybridized carbons (Fsp3) is 0.474. The van der Waals surface area contributed by atoms with Gasteiger partial charge in [-0.05, 0) is 61.9 Å². The Morgan fingerprint density at radius 2 is 1.91 bits per heavy atom. The zero-order valence-electron chi connectivity index (χ0n) is 13.4. The highest BCUT2D eigenvalue weighted by atomic mass is 16.1. The van der Waals surface area contributed by atoms with Crippen LogP contribution in [0.5, 0.6) is 0 Å². The molecule has 1 unspecified atom stereocenters. The van der Waals surface area contributed by atoms with Crippen LogP contribution < -0.4 is 5.56 Å². The highest BCUT2D eigenvalue weighted by molar-refractivity contribution is 5.63. The molecule has 0 bridgehead atoms. The molecule has 1 aromatic heterocycles. The summed E-state index contributed by atoms with van der Waals surface area (Å²) in [5, 5.41) is 6.34. The number of nitrogens with zero attached hydrogens (tertiary/aromatic N) is 2. The molecule has 4 nitrogen and oxygen atoms in total. The van der Waals surface area contributed by atoms with E-state index in [0.717, 1.165) is 23.6 Å². The van der Waals surface area contributed by atoms with Gasteiger partial charge in [0.1, 0.15) is 0 Å². The number of aromatic nitrogens is 2. The van der Waals surface area contributed by atoms with E-state index in [1.807, 2.05) is 0 Å². The van der Waals surface area contributed by atoms with E-state index < -0.39 is 0 Å². The second kappa shape index (κ2) is 6.28. The number of piperidine rings is 1. The van der Waals surface area contributed by atoms with E-state index in [-0.39, 0.29) is 5.56 Å². The summed E-state index contributed by atoms with van der Waals surface area (Å²) in [6, 6.07) is 8.97. The lowest BCUT2D eigenvalue weighted by Gasteiger charge is -2.37. The van der Waals surface area contributed by atoms with Crippen LogP contribution in [0.25, 0.3) is 11.1 Å². The van der Waals surface area contributed by atoms with Crippen LogP contribution in [0.1, 0.15) is 36.8 Å². The Labute approximate surface area is 136 Å². The normalized spacial score (nSPS) is 21.8. The fourth-order valence-electron chi connectivity index (χ4n) is 4.04. The van der Waals surface area contributed by atoms with E-state index in [4.69, 9.17) is 0 Å². The van der Waals surface area contributed by atoms with Crippen molar-refractivity contribution in [1.29, 1.82) is 0 Å². The minimum absolute atomic E-state index is 0.148.